The summed E-state index contributed by atoms with van der Waals surface area (Å²) >= 11 is 0. The third-order valence-corrected chi connectivity index (χ3v) is 3.55. The van der Waals surface area contributed by atoms with Crippen LogP contribution in [0, 0.1) is 0 Å². The highest BCUT2D eigenvalue weighted by molar-refractivity contribution is 5.79. The second-order valence-electron chi connectivity index (χ2n) is 4.43. The largest absolute Gasteiger partial charge is 0.504 e. The monoisotopic (exact) mass is 219 g/mol. The number of hydrogen-bond acceptors (Lipinski definition) is 3. The van der Waals surface area contributed by atoms with Gasteiger partial charge in [0, 0.05) is 13.0 Å². The van der Waals surface area contributed by atoms with E-state index in [-0.39, 0.29) is 23.4 Å². The Morgan fingerprint density at radius 1 is 1.19 bits per heavy atom. The fraction of sp³-hybridized carbons (Fsp3) is 0.417. The van der Waals surface area contributed by atoms with Crippen molar-refractivity contribution in [1.29, 1.82) is 0 Å². The highest BCUT2D eigenvalue weighted by Crippen LogP contribution is 2.41. The summed E-state index contributed by atoms with van der Waals surface area (Å²) in [6.45, 7) is 0.723. The van der Waals surface area contributed by atoms with Crippen LogP contribution in [-0.4, -0.2) is 27.6 Å². The Morgan fingerprint density at radius 2 is 1.94 bits per heavy atom. The molecule has 84 valence electrons. The van der Waals surface area contributed by atoms with E-state index >= 15 is 0 Å². The highest BCUT2D eigenvalue weighted by Gasteiger charge is 2.36. The van der Waals surface area contributed by atoms with Gasteiger partial charge in [0.2, 0.25) is 5.91 Å². The van der Waals surface area contributed by atoms with Gasteiger partial charge in [-0.3, -0.25) is 4.79 Å². The van der Waals surface area contributed by atoms with Crippen LogP contribution in [0.5, 0.6) is 11.5 Å². The van der Waals surface area contributed by atoms with Gasteiger partial charge in [0.05, 0.1) is 6.04 Å². The smallest absolute Gasteiger partial charge is 0.223 e. The summed E-state index contributed by atoms with van der Waals surface area (Å²) < 4.78 is 0. The Kier molecular flexibility index (Phi) is 1.87. The maximum atomic E-state index is 11.6. The van der Waals surface area contributed by atoms with E-state index in [9.17, 15) is 15.0 Å². The summed E-state index contributed by atoms with van der Waals surface area (Å²) in [4.78, 5) is 13.5. The summed E-state index contributed by atoms with van der Waals surface area (Å²) in [6.07, 6.45) is 2.16. The summed E-state index contributed by atoms with van der Waals surface area (Å²) in [7, 11) is 0. The molecule has 0 aliphatic carbocycles. The molecule has 2 heterocycles. The molecule has 1 amide bonds. The molecule has 1 aromatic carbocycles. The molecule has 16 heavy (non-hydrogen) atoms. The molecule has 0 spiro atoms. The van der Waals surface area contributed by atoms with Crippen LogP contribution in [-0.2, 0) is 11.2 Å². The quantitative estimate of drug-likeness (QED) is 0.647. The van der Waals surface area contributed by atoms with Crippen molar-refractivity contribution in [3.8, 4) is 11.5 Å². The summed E-state index contributed by atoms with van der Waals surface area (Å²) in [5, 5.41) is 18.9. The van der Waals surface area contributed by atoms with Gasteiger partial charge in [-0.1, -0.05) is 0 Å². The maximum absolute atomic E-state index is 11.6. The molecular weight excluding hydrogens is 206 g/mol. The standard InChI is InChI=1S/C12H13NO3/c14-10-5-7-3-4-13-9(1-2-12(13)16)8(7)6-11(10)15/h5-6,9,14-15H,1-4H2/t9-/m0/s1. The van der Waals surface area contributed by atoms with E-state index in [0.29, 0.717) is 6.42 Å². The van der Waals surface area contributed by atoms with Crippen molar-refractivity contribution in [1.82, 2.24) is 4.90 Å². The lowest BCUT2D eigenvalue weighted by Gasteiger charge is -2.32. The Hall–Kier alpha value is -1.71. The van der Waals surface area contributed by atoms with Crippen molar-refractivity contribution in [2.75, 3.05) is 6.54 Å². The van der Waals surface area contributed by atoms with Gasteiger partial charge in [-0.15, -0.1) is 0 Å². The van der Waals surface area contributed by atoms with Crippen LogP contribution in [0.25, 0.3) is 0 Å². The second-order valence-corrected chi connectivity index (χ2v) is 4.43. The number of amides is 1. The van der Waals surface area contributed by atoms with Gasteiger partial charge in [0.25, 0.3) is 0 Å². The van der Waals surface area contributed by atoms with E-state index in [1.807, 2.05) is 4.90 Å². The lowest BCUT2D eigenvalue weighted by atomic mass is 9.92. The second kappa shape index (κ2) is 3.14. The number of nitrogens with zero attached hydrogens (tertiary/aromatic N) is 1. The molecule has 4 nitrogen and oxygen atoms in total. The minimum absolute atomic E-state index is 0.0727. The fourth-order valence-corrected chi connectivity index (χ4v) is 2.74. The first-order valence-electron chi connectivity index (χ1n) is 5.51. The van der Waals surface area contributed by atoms with E-state index < -0.39 is 0 Å². The Balaban J connectivity index is 2.09. The van der Waals surface area contributed by atoms with Crippen LogP contribution in [0.4, 0.5) is 0 Å². The lowest BCUT2D eigenvalue weighted by molar-refractivity contribution is -0.129. The van der Waals surface area contributed by atoms with Gasteiger partial charge in [0.15, 0.2) is 11.5 Å². The van der Waals surface area contributed by atoms with E-state index in [2.05, 4.69) is 0 Å². The average Bonchev–Trinajstić information content (AvgIpc) is 2.63. The van der Waals surface area contributed by atoms with Crippen molar-refractivity contribution in [2.45, 2.75) is 25.3 Å². The number of fused-ring (bicyclic) bond motifs is 3. The number of hydrogen-bond donors (Lipinski definition) is 2. The number of carbonyl (C=O) groups excluding carboxylic acids is 1. The van der Waals surface area contributed by atoms with Gasteiger partial charge in [0.1, 0.15) is 0 Å². The van der Waals surface area contributed by atoms with E-state index in [4.69, 9.17) is 0 Å². The molecule has 0 aromatic heterocycles. The average molecular weight is 219 g/mol. The Labute approximate surface area is 93.1 Å². The first-order valence-corrected chi connectivity index (χ1v) is 5.51. The van der Waals surface area contributed by atoms with Crippen LogP contribution in [0.2, 0.25) is 0 Å². The first kappa shape index (κ1) is 9.51. The lowest BCUT2D eigenvalue weighted by Crippen LogP contribution is -2.34. The Morgan fingerprint density at radius 3 is 2.75 bits per heavy atom. The fourth-order valence-electron chi connectivity index (χ4n) is 2.74. The van der Waals surface area contributed by atoms with Gasteiger partial charge >= 0.3 is 0 Å². The molecule has 1 aromatic rings. The van der Waals surface area contributed by atoms with Gasteiger partial charge in [-0.2, -0.15) is 0 Å². The van der Waals surface area contributed by atoms with E-state index in [1.54, 1.807) is 12.1 Å². The molecule has 0 radical (unpaired) electrons. The highest BCUT2D eigenvalue weighted by atomic mass is 16.3. The van der Waals surface area contributed by atoms with Gasteiger partial charge in [-0.05, 0) is 36.1 Å². The molecule has 0 bridgehead atoms. The molecule has 1 saturated heterocycles. The third kappa shape index (κ3) is 1.19. The van der Waals surface area contributed by atoms with Gasteiger partial charge in [-0.25, -0.2) is 0 Å². The zero-order valence-electron chi connectivity index (χ0n) is 8.81. The molecule has 4 heteroatoms. The molecular formula is C12H13NO3. The SMILES string of the molecule is O=C1CC[C@H]2c3cc(O)c(O)cc3CCN12. The molecule has 2 aliphatic heterocycles. The number of phenolic OH excluding ortho intramolecular Hbond substituents is 2. The molecule has 0 saturated carbocycles. The number of carbonyl (C=O) groups is 1. The van der Waals surface area contributed by atoms with Crippen LogP contribution in [0.1, 0.15) is 30.0 Å². The molecule has 2 aliphatic rings. The molecule has 2 N–H and O–H groups in total. The van der Waals surface area contributed by atoms with Crippen molar-refractivity contribution in [2.24, 2.45) is 0 Å². The number of benzene rings is 1. The summed E-state index contributed by atoms with van der Waals surface area (Å²) in [5.41, 5.74) is 2.04. The number of aromatic hydroxyl groups is 2. The minimum Gasteiger partial charge on any atom is -0.504 e. The van der Waals surface area contributed by atoms with Crippen molar-refractivity contribution in [3.05, 3.63) is 23.3 Å². The van der Waals surface area contributed by atoms with Crippen molar-refractivity contribution in [3.63, 3.8) is 0 Å². The van der Waals surface area contributed by atoms with Crippen LogP contribution in [0.15, 0.2) is 12.1 Å². The normalized spacial score (nSPS) is 23.1. The maximum Gasteiger partial charge on any atom is 0.223 e. The number of phenols is 2. The Bertz CT molecular complexity index is 470. The topological polar surface area (TPSA) is 60.8 Å². The summed E-state index contributed by atoms with van der Waals surface area (Å²) in [5.74, 6) is 0.0275. The third-order valence-electron chi connectivity index (χ3n) is 3.55. The number of rotatable bonds is 0. The minimum atomic E-state index is -0.0973. The first-order chi connectivity index (χ1) is 7.66. The predicted octanol–water partition coefficient (Wildman–Crippen LogP) is 1.32. The van der Waals surface area contributed by atoms with Crippen molar-refractivity contribution >= 4 is 5.91 Å². The zero-order valence-corrected chi connectivity index (χ0v) is 8.81. The van der Waals surface area contributed by atoms with Crippen LogP contribution >= 0.6 is 0 Å². The molecule has 1 atom stereocenters. The van der Waals surface area contributed by atoms with Crippen LogP contribution in [0.3, 0.4) is 0 Å². The predicted molar refractivity (Wildman–Crippen MR) is 57.2 cm³/mol. The zero-order chi connectivity index (χ0) is 11.3. The molecule has 1 fully saturated rings. The van der Waals surface area contributed by atoms with E-state index in [0.717, 1.165) is 30.5 Å². The van der Waals surface area contributed by atoms with Gasteiger partial charge < -0.3 is 15.1 Å². The molecule has 0 unspecified atom stereocenters. The molecule has 3 rings (SSSR count). The summed E-state index contributed by atoms with van der Waals surface area (Å²) in [6, 6.07) is 3.31. The van der Waals surface area contributed by atoms with Crippen LogP contribution < -0.4 is 0 Å². The van der Waals surface area contributed by atoms with E-state index in [1.165, 1.54) is 0 Å². The van der Waals surface area contributed by atoms with Crippen molar-refractivity contribution < 1.29 is 15.0 Å².